The van der Waals surface area contributed by atoms with E-state index < -0.39 is 0 Å². The van der Waals surface area contributed by atoms with E-state index in [1.807, 2.05) is 18.0 Å². The van der Waals surface area contributed by atoms with Crippen molar-refractivity contribution in [1.82, 2.24) is 9.38 Å². The van der Waals surface area contributed by atoms with Crippen molar-refractivity contribution < 1.29 is 0 Å². The first-order valence-electron chi connectivity index (χ1n) is 7.59. The maximum atomic E-state index is 4.55. The molecular weight excluding hydrogens is 436 g/mol. The number of hydrogen-bond donors (Lipinski definition) is 0. The number of hydrogen-bond acceptors (Lipinski definition) is 2. The number of halogens is 2. The Morgan fingerprint density at radius 3 is 2.70 bits per heavy atom. The van der Waals surface area contributed by atoms with Crippen molar-refractivity contribution in [3.63, 3.8) is 0 Å². The molecular formula is C18H18Br2N2S. The highest BCUT2D eigenvalue weighted by Gasteiger charge is 2.11. The third-order valence-corrected chi connectivity index (χ3v) is 6.29. The van der Waals surface area contributed by atoms with Crippen molar-refractivity contribution in [2.24, 2.45) is 0 Å². The van der Waals surface area contributed by atoms with Gasteiger partial charge in [-0.1, -0.05) is 30.3 Å². The molecule has 0 amide bonds. The zero-order valence-electron chi connectivity index (χ0n) is 12.9. The Bertz CT molecular complexity index is 800. The van der Waals surface area contributed by atoms with Crippen molar-refractivity contribution in [2.45, 2.75) is 25.5 Å². The summed E-state index contributed by atoms with van der Waals surface area (Å²) in [5, 5.41) is 0. The van der Waals surface area contributed by atoms with E-state index in [-0.39, 0.29) is 0 Å². The van der Waals surface area contributed by atoms with E-state index in [1.165, 1.54) is 23.4 Å². The van der Waals surface area contributed by atoms with Crippen LogP contribution in [0.1, 0.15) is 23.4 Å². The molecule has 0 spiro atoms. The second-order valence-electron chi connectivity index (χ2n) is 5.48. The summed E-state index contributed by atoms with van der Waals surface area (Å²) in [6.07, 6.45) is 4.35. The van der Waals surface area contributed by atoms with E-state index in [1.54, 1.807) is 0 Å². The average molecular weight is 454 g/mol. The third-order valence-electron chi connectivity index (χ3n) is 3.83. The maximum absolute atomic E-state index is 4.55. The van der Waals surface area contributed by atoms with Crippen molar-refractivity contribution in [1.29, 1.82) is 0 Å². The molecule has 0 aliphatic carbocycles. The molecule has 3 aromatic rings. The number of nitrogens with zero attached hydrogens (tertiary/aromatic N) is 2. The van der Waals surface area contributed by atoms with Gasteiger partial charge < -0.3 is 0 Å². The zero-order valence-corrected chi connectivity index (χ0v) is 16.9. The first kappa shape index (κ1) is 17.1. The average Bonchev–Trinajstić information content (AvgIpc) is 2.98. The van der Waals surface area contributed by atoms with E-state index in [9.17, 15) is 0 Å². The van der Waals surface area contributed by atoms with E-state index >= 15 is 0 Å². The van der Waals surface area contributed by atoms with Gasteiger partial charge >= 0.3 is 0 Å². The van der Waals surface area contributed by atoms with Crippen LogP contribution in [0.5, 0.6) is 0 Å². The lowest BCUT2D eigenvalue weighted by Crippen LogP contribution is -1.98. The molecule has 0 fully saturated rings. The SMILES string of the molecule is Cc1c(Br)cc(Br)c2ncc(CSCCCc3ccccc3)n12. The third kappa shape index (κ3) is 4.01. The van der Waals surface area contributed by atoms with Gasteiger partial charge in [-0.25, -0.2) is 4.98 Å². The standard InChI is InChI=1S/C18H18Br2N2S/c1-13-16(19)10-17(20)18-21-11-15(22(13)18)12-23-9-5-8-14-6-3-2-4-7-14/h2-4,6-7,10-11H,5,8-9,12H2,1H3. The summed E-state index contributed by atoms with van der Waals surface area (Å²) in [6, 6.07) is 12.8. The minimum atomic E-state index is 0.986. The molecule has 2 nitrogen and oxygen atoms in total. The predicted octanol–water partition coefficient (Wildman–Crippen LogP) is 6.03. The minimum absolute atomic E-state index is 0.986. The molecule has 2 aromatic heterocycles. The molecule has 2 heterocycles. The Morgan fingerprint density at radius 2 is 1.91 bits per heavy atom. The molecule has 3 rings (SSSR count). The van der Waals surface area contributed by atoms with Crippen LogP contribution in [0.2, 0.25) is 0 Å². The Labute approximate surface area is 158 Å². The van der Waals surface area contributed by atoms with Crippen LogP contribution in [0, 0.1) is 6.92 Å². The predicted molar refractivity (Wildman–Crippen MR) is 106 cm³/mol. The molecule has 0 radical (unpaired) electrons. The fourth-order valence-electron chi connectivity index (χ4n) is 2.62. The highest BCUT2D eigenvalue weighted by Crippen LogP contribution is 2.28. The summed E-state index contributed by atoms with van der Waals surface area (Å²) in [4.78, 5) is 4.55. The lowest BCUT2D eigenvalue weighted by Gasteiger charge is -2.09. The number of pyridine rings is 1. The summed E-state index contributed by atoms with van der Waals surface area (Å²) < 4.78 is 4.36. The fourth-order valence-corrected chi connectivity index (χ4v) is 4.75. The molecule has 0 saturated carbocycles. The van der Waals surface area contributed by atoms with Crippen molar-refractivity contribution >= 4 is 49.3 Å². The van der Waals surface area contributed by atoms with Crippen LogP contribution < -0.4 is 0 Å². The van der Waals surface area contributed by atoms with Crippen LogP contribution in [-0.2, 0) is 12.2 Å². The number of thioether (sulfide) groups is 1. The van der Waals surface area contributed by atoms with Gasteiger partial charge in [0.2, 0.25) is 0 Å². The van der Waals surface area contributed by atoms with E-state index in [0.29, 0.717) is 0 Å². The number of imidazole rings is 1. The van der Waals surface area contributed by atoms with Gasteiger partial charge in [0.1, 0.15) is 0 Å². The van der Waals surface area contributed by atoms with Gasteiger partial charge in [0.05, 0.1) is 16.4 Å². The van der Waals surface area contributed by atoms with Crippen molar-refractivity contribution in [3.05, 3.63) is 68.5 Å². The smallest absolute Gasteiger partial charge is 0.151 e. The van der Waals surface area contributed by atoms with Gasteiger partial charge in [-0.2, -0.15) is 11.8 Å². The number of aromatic nitrogens is 2. The second-order valence-corrected chi connectivity index (χ2v) is 8.29. The van der Waals surface area contributed by atoms with E-state index in [4.69, 9.17) is 0 Å². The normalized spacial score (nSPS) is 11.3. The van der Waals surface area contributed by atoms with Crippen LogP contribution >= 0.6 is 43.6 Å². The largest absolute Gasteiger partial charge is 0.298 e. The molecule has 1 aromatic carbocycles. The fraction of sp³-hybridized carbons (Fsp3) is 0.278. The van der Waals surface area contributed by atoms with Gasteiger partial charge in [0.25, 0.3) is 0 Å². The summed E-state index contributed by atoms with van der Waals surface area (Å²) in [6.45, 7) is 2.12. The van der Waals surface area contributed by atoms with Crippen LogP contribution in [0.3, 0.4) is 0 Å². The van der Waals surface area contributed by atoms with Gasteiger partial charge in [-0.05, 0) is 69.0 Å². The first-order chi connectivity index (χ1) is 11.2. The van der Waals surface area contributed by atoms with Gasteiger partial charge in [0.15, 0.2) is 5.65 Å². The Hall–Kier alpha value is -0.780. The van der Waals surface area contributed by atoms with Crippen LogP contribution in [0.15, 0.2) is 51.5 Å². The molecule has 0 bridgehead atoms. The summed E-state index contributed by atoms with van der Waals surface area (Å²) >= 11 is 9.19. The monoisotopic (exact) mass is 452 g/mol. The van der Waals surface area contributed by atoms with Gasteiger partial charge in [0, 0.05) is 15.9 Å². The van der Waals surface area contributed by atoms with Gasteiger partial charge in [-0.3, -0.25) is 4.40 Å². The molecule has 0 saturated heterocycles. The van der Waals surface area contributed by atoms with Gasteiger partial charge in [-0.15, -0.1) is 0 Å². The van der Waals surface area contributed by atoms with Crippen LogP contribution in [-0.4, -0.2) is 15.1 Å². The van der Waals surface area contributed by atoms with Crippen LogP contribution in [0.25, 0.3) is 5.65 Å². The summed E-state index contributed by atoms with van der Waals surface area (Å²) in [5.74, 6) is 2.15. The Kier molecular flexibility index (Phi) is 5.83. The lowest BCUT2D eigenvalue weighted by molar-refractivity contribution is 0.931. The van der Waals surface area contributed by atoms with E-state index in [2.05, 4.69) is 84.6 Å². The number of rotatable bonds is 6. The Morgan fingerprint density at radius 1 is 1.13 bits per heavy atom. The minimum Gasteiger partial charge on any atom is -0.298 e. The quantitative estimate of drug-likeness (QED) is 0.423. The molecule has 0 aliphatic rings. The topological polar surface area (TPSA) is 17.3 Å². The molecule has 5 heteroatoms. The molecule has 0 unspecified atom stereocenters. The van der Waals surface area contributed by atoms with Crippen molar-refractivity contribution in [2.75, 3.05) is 5.75 Å². The van der Waals surface area contributed by atoms with Crippen molar-refractivity contribution in [3.8, 4) is 0 Å². The maximum Gasteiger partial charge on any atom is 0.151 e. The Balaban J connectivity index is 1.60. The lowest BCUT2D eigenvalue weighted by atomic mass is 10.1. The highest BCUT2D eigenvalue weighted by atomic mass is 79.9. The van der Waals surface area contributed by atoms with Crippen LogP contribution in [0.4, 0.5) is 0 Å². The number of benzene rings is 1. The number of fused-ring (bicyclic) bond motifs is 1. The molecule has 0 N–H and O–H groups in total. The molecule has 23 heavy (non-hydrogen) atoms. The molecule has 0 aliphatic heterocycles. The highest BCUT2D eigenvalue weighted by molar-refractivity contribution is 9.11. The molecule has 120 valence electrons. The second kappa shape index (κ2) is 7.86. The first-order valence-corrected chi connectivity index (χ1v) is 10.3. The summed E-state index contributed by atoms with van der Waals surface area (Å²) in [7, 11) is 0. The summed E-state index contributed by atoms with van der Waals surface area (Å²) in [5.41, 5.74) is 4.86. The molecule has 0 atom stereocenters. The van der Waals surface area contributed by atoms with E-state index in [0.717, 1.165) is 32.5 Å². The zero-order chi connectivity index (χ0) is 16.2. The number of aryl methyl sites for hydroxylation is 2.